The van der Waals surface area contributed by atoms with Crippen molar-refractivity contribution >= 4 is 22.3 Å². The molecule has 228 valence electrons. The molecule has 8 nitrogen and oxygen atoms in total. The third-order valence-electron chi connectivity index (χ3n) is 10.3. The number of hydrogen-bond acceptors (Lipinski definition) is 8. The van der Waals surface area contributed by atoms with E-state index in [1.54, 1.807) is 23.1 Å². The second-order valence-electron chi connectivity index (χ2n) is 12.8. The molecule has 43 heavy (non-hydrogen) atoms. The minimum Gasteiger partial charge on any atom is -0.508 e. The number of rotatable bonds is 6. The van der Waals surface area contributed by atoms with Gasteiger partial charge in [-0.1, -0.05) is 13.0 Å². The van der Waals surface area contributed by atoms with Crippen LogP contribution < -0.4 is 19.9 Å². The second-order valence-corrected chi connectivity index (χ2v) is 12.8. The van der Waals surface area contributed by atoms with Crippen molar-refractivity contribution in [2.45, 2.75) is 82.2 Å². The van der Waals surface area contributed by atoms with E-state index in [-0.39, 0.29) is 36.6 Å². The molecule has 0 radical (unpaired) electrons. The number of fused-ring (bicyclic) bond motifs is 6. The van der Waals surface area contributed by atoms with Crippen LogP contribution in [-0.4, -0.2) is 83.0 Å². The fourth-order valence-corrected chi connectivity index (χ4v) is 8.15. The highest BCUT2D eigenvalue weighted by Crippen LogP contribution is 2.42. The maximum Gasteiger partial charge on any atom is 0.318 e. The predicted molar refractivity (Wildman–Crippen MR) is 162 cm³/mol. The van der Waals surface area contributed by atoms with Crippen LogP contribution >= 0.6 is 0 Å². The van der Waals surface area contributed by atoms with Crippen molar-refractivity contribution in [1.82, 2.24) is 20.2 Å². The van der Waals surface area contributed by atoms with Gasteiger partial charge in [0.05, 0.1) is 21.9 Å². The smallest absolute Gasteiger partial charge is 0.318 e. The Morgan fingerprint density at radius 3 is 2.93 bits per heavy atom. The molecule has 2 N–H and O–H groups in total. The molecule has 6 aliphatic rings. The van der Waals surface area contributed by atoms with Crippen LogP contribution in [0.15, 0.2) is 24.3 Å². The Kier molecular flexibility index (Phi) is 5.86. The third kappa shape index (κ3) is 4.60. The molecule has 9 rings (SSSR count). The Hall–Kier alpha value is -3.24. The molecular formula is C33H40F2N6O2. The van der Waals surface area contributed by atoms with Crippen molar-refractivity contribution in [2.24, 2.45) is 0 Å². The summed E-state index contributed by atoms with van der Waals surface area (Å²) in [6, 6.07) is 6.95. The number of piperidine rings is 2. The highest BCUT2D eigenvalue weighted by molar-refractivity contribution is 5.98. The van der Waals surface area contributed by atoms with Crippen molar-refractivity contribution in [3.8, 4) is 11.8 Å². The Morgan fingerprint density at radius 2 is 2.14 bits per heavy atom. The molecule has 1 aromatic heterocycles. The van der Waals surface area contributed by atoms with Crippen molar-refractivity contribution in [3.63, 3.8) is 0 Å². The lowest BCUT2D eigenvalue weighted by atomic mass is 9.92. The van der Waals surface area contributed by atoms with E-state index in [0.717, 1.165) is 53.8 Å². The van der Waals surface area contributed by atoms with E-state index in [4.69, 9.17) is 18.8 Å². The van der Waals surface area contributed by atoms with E-state index in [0.29, 0.717) is 62.6 Å². The molecule has 0 aliphatic carbocycles. The van der Waals surface area contributed by atoms with Gasteiger partial charge in [0.15, 0.2) is 0 Å². The summed E-state index contributed by atoms with van der Waals surface area (Å²) in [6.45, 7) is 2.50. The summed E-state index contributed by atoms with van der Waals surface area (Å²) < 4.78 is 62.5. The van der Waals surface area contributed by atoms with E-state index >= 15 is 4.39 Å². The summed E-state index contributed by atoms with van der Waals surface area (Å²) in [4.78, 5) is 15.8. The van der Waals surface area contributed by atoms with E-state index in [9.17, 15) is 9.50 Å². The number of aryl methyl sites for hydroxylation is 1. The lowest BCUT2D eigenvalue weighted by Gasteiger charge is -2.47. The van der Waals surface area contributed by atoms with Gasteiger partial charge in [-0.25, -0.2) is 8.78 Å². The van der Waals surface area contributed by atoms with Gasteiger partial charge in [0.1, 0.15) is 30.1 Å². The monoisotopic (exact) mass is 593 g/mol. The molecule has 7 heterocycles. The number of alkyl halides is 1. The number of phenolic OH excluding ortho intramolecular Hbond substituents is 1. The molecule has 5 fully saturated rings. The maximum atomic E-state index is 15.0. The summed E-state index contributed by atoms with van der Waals surface area (Å²) in [6.07, 6.45) is 1.78. The zero-order valence-electron chi connectivity index (χ0n) is 27.5. The van der Waals surface area contributed by atoms with Gasteiger partial charge in [0, 0.05) is 67.4 Å². The number of halogens is 2. The molecule has 6 aliphatic heterocycles. The van der Waals surface area contributed by atoms with Crippen molar-refractivity contribution in [3.05, 3.63) is 46.9 Å². The van der Waals surface area contributed by atoms with Crippen LogP contribution in [0.4, 0.5) is 20.3 Å². The average Bonchev–Trinajstić information content (AvgIpc) is 3.54. The summed E-state index contributed by atoms with van der Waals surface area (Å²) >= 11 is 0. The molecule has 2 aromatic carbocycles. The number of nitrogens with one attached hydrogen (secondary N) is 1. The van der Waals surface area contributed by atoms with Gasteiger partial charge < -0.3 is 25.0 Å². The first kappa shape index (κ1) is 24.1. The zero-order valence-corrected chi connectivity index (χ0v) is 24.5. The topological polar surface area (TPSA) is 77.0 Å². The molecule has 3 aromatic rings. The fraction of sp³-hybridized carbons (Fsp3) is 0.576. The maximum absolute atomic E-state index is 15.0. The standard InChI is InChI=1S/C33H40F2N6O2/c1-2-25-27(35)7-4-20-12-24(42)13-29(30(20)25)39-11-8-26-28(18-39)37-32(38-31(26)41-17-22-5-6-23(41)15-36-22)43-19-33-9-3-10-40(33)16-21(34)14-33/h4,7,12-13,21-23,36,42H,2-3,5-6,8-11,14-19H2,1H3/t21-,22?,23?,33+/m1/s1/i19D2,21D. The number of nitrogens with zero attached hydrogens (tertiary/aromatic N) is 5. The van der Waals surface area contributed by atoms with Gasteiger partial charge in [0.2, 0.25) is 0 Å². The van der Waals surface area contributed by atoms with Gasteiger partial charge in [0.25, 0.3) is 0 Å². The van der Waals surface area contributed by atoms with Crippen LogP contribution in [0, 0.1) is 5.82 Å². The third-order valence-corrected chi connectivity index (χ3v) is 10.3. The first-order valence-corrected chi connectivity index (χ1v) is 15.7. The molecule has 5 saturated heterocycles. The van der Waals surface area contributed by atoms with Crippen molar-refractivity contribution in [1.29, 1.82) is 0 Å². The molecule has 0 amide bonds. The van der Waals surface area contributed by atoms with Gasteiger partial charge in [-0.2, -0.15) is 9.97 Å². The minimum atomic E-state index is -2.34. The number of aromatic hydroxyl groups is 1. The quantitative estimate of drug-likeness (QED) is 0.433. The molecule has 10 heteroatoms. The summed E-state index contributed by atoms with van der Waals surface area (Å²) in [5.41, 5.74) is 1.71. The lowest BCUT2D eigenvalue weighted by molar-refractivity contribution is 0.107. The Morgan fingerprint density at radius 1 is 1.23 bits per heavy atom. The van der Waals surface area contributed by atoms with E-state index in [1.807, 2.05) is 6.92 Å². The zero-order chi connectivity index (χ0) is 32.0. The average molecular weight is 594 g/mol. The van der Waals surface area contributed by atoms with Crippen LogP contribution in [0.3, 0.4) is 0 Å². The van der Waals surface area contributed by atoms with Gasteiger partial charge in [-0.15, -0.1) is 0 Å². The molecule has 0 spiro atoms. The first-order chi connectivity index (χ1) is 22.0. The van der Waals surface area contributed by atoms with E-state index < -0.39 is 18.2 Å². The van der Waals surface area contributed by atoms with E-state index in [1.165, 1.54) is 6.07 Å². The number of phenols is 1. The Labute approximate surface area is 255 Å². The number of ether oxygens (including phenoxy) is 1. The summed E-state index contributed by atoms with van der Waals surface area (Å²) in [5.74, 6) is 0.558. The van der Waals surface area contributed by atoms with Crippen LogP contribution in [-0.2, 0) is 19.4 Å². The predicted octanol–water partition coefficient (Wildman–Crippen LogP) is 4.50. The SMILES string of the molecule is [2H]C([2H])(Oc1nc2c(c(N3CC4CCC3CN4)n1)CCN(c1cc(O)cc3ccc(F)c(CC)c13)C2)[C@@]12CCCN1C[C@]([2H])(F)C2. The Bertz CT molecular complexity index is 1700. The summed E-state index contributed by atoms with van der Waals surface area (Å²) in [5, 5.41) is 15.8. The van der Waals surface area contributed by atoms with Crippen LogP contribution in [0.5, 0.6) is 11.8 Å². The van der Waals surface area contributed by atoms with Crippen molar-refractivity contribution in [2.75, 3.05) is 49.1 Å². The van der Waals surface area contributed by atoms with Gasteiger partial charge in [-0.3, -0.25) is 4.90 Å². The number of aromatic nitrogens is 2. The number of benzene rings is 2. The van der Waals surface area contributed by atoms with Crippen LogP contribution in [0.2, 0.25) is 0 Å². The van der Waals surface area contributed by atoms with Crippen LogP contribution in [0.25, 0.3) is 10.8 Å². The van der Waals surface area contributed by atoms with E-state index in [2.05, 4.69) is 15.1 Å². The van der Waals surface area contributed by atoms with Crippen molar-refractivity contribution < 1.29 is 22.7 Å². The largest absolute Gasteiger partial charge is 0.508 e. The van der Waals surface area contributed by atoms with Crippen LogP contribution in [0.1, 0.15) is 60.0 Å². The Balaban J connectivity index is 1.21. The molecule has 4 atom stereocenters. The molecule has 0 saturated carbocycles. The van der Waals surface area contributed by atoms with Gasteiger partial charge in [-0.05, 0) is 68.2 Å². The minimum absolute atomic E-state index is 0.0923. The van der Waals surface area contributed by atoms with Gasteiger partial charge >= 0.3 is 6.01 Å². The normalized spacial score (nSPS) is 31.6. The molecule has 2 unspecified atom stereocenters. The highest BCUT2D eigenvalue weighted by Gasteiger charge is 2.49. The number of anilines is 2. The second kappa shape index (κ2) is 10.4. The molecular weight excluding hydrogens is 550 g/mol. The fourth-order valence-electron chi connectivity index (χ4n) is 8.15. The lowest BCUT2D eigenvalue weighted by Crippen LogP contribution is -2.61. The number of hydrogen-bond donors (Lipinski definition) is 2. The first-order valence-electron chi connectivity index (χ1n) is 17.2. The summed E-state index contributed by atoms with van der Waals surface area (Å²) in [7, 11) is 0. The molecule has 2 bridgehead atoms. The highest BCUT2D eigenvalue weighted by atomic mass is 19.1. The number of piperazine rings is 1.